The first-order valence-corrected chi connectivity index (χ1v) is 8.24. The van der Waals surface area contributed by atoms with Crippen LogP contribution in [0.5, 0.6) is 0 Å². The summed E-state index contributed by atoms with van der Waals surface area (Å²) in [6.07, 6.45) is 0. The van der Waals surface area contributed by atoms with Crippen LogP contribution in [0.4, 0.5) is 11.6 Å². The van der Waals surface area contributed by atoms with E-state index >= 15 is 0 Å². The zero-order chi connectivity index (χ0) is 18.0. The molecule has 25 heavy (non-hydrogen) atoms. The van der Waals surface area contributed by atoms with Crippen molar-refractivity contribution in [1.29, 1.82) is 0 Å². The van der Waals surface area contributed by atoms with Gasteiger partial charge in [0.1, 0.15) is 6.54 Å². The molecule has 0 spiro atoms. The first kappa shape index (κ1) is 16.9. The van der Waals surface area contributed by atoms with E-state index in [0.717, 1.165) is 16.8 Å². The van der Waals surface area contributed by atoms with Crippen molar-refractivity contribution in [2.75, 3.05) is 11.2 Å². The van der Waals surface area contributed by atoms with Crippen LogP contribution >= 0.6 is 12.2 Å². The molecule has 3 aromatic rings. The fraction of sp³-hybridized carbons (Fsp3) is 0.167. The average molecular weight is 353 g/mol. The standard InChI is InChI=1S/C18H19N5OS/c1-12-8-9-13(2)15(10-12)16(24)11-22-18(25)23(17(19)21-22)20-14-6-4-3-5-7-14/h3-10,20H,11H2,1-2H3,(H2,19,21). The predicted octanol–water partition coefficient (Wildman–Crippen LogP) is 3.37. The van der Waals surface area contributed by atoms with Gasteiger partial charge in [0.2, 0.25) is 10.7 Å². The fourth-order valence-corrected chi connectivity index (χ4v) is 2.78. The molecule has 2 aromatic carbocycles. The second-order valence-electron chi connectivity index (χ2n) is 5.85. The van der Waals surface area contributed by atoms with Gasteiger partial charge in [0.15, 0.2) is 5.78 Å². The molecule has 7 heteroatoms. The molecule has 1 heterocycles. The van der Waals surface area contributed by atoms with Crippen molar-refractivity contribution >= 4 is 29.6 Å². The highest BCUT2D eigenvalue weighted by atomic mass is 32.1. The van der Waals surface area contributed by atoms with Crippen molar-refractivity contribution in [2.45, 2.75) is 20.4 Å². The van der Waals surface area contributed by atoms with Crippen LogP contribution < -0.4 is 11.2 Å². The van der Waals surface area contributed by atoms with Crippen LogP contribution in [0.3, 0.4) is 0 Å². The van der Waals surface area contributed by atoms with Crippen molar-refractivity contribution < 1.29 is 4.79 Å². The molecular formula is C18H19N5OS. The molecule has 0 fully saturated rings. The minimum atomic E-state index is -0.0540. The molecular weight excluding hydrogens is 334 g/mol. The summed E-state index contributed by atoms with van der Waals surface area (Å²) in [5.41, 5.74) is 12.5. The van der Waals surface area contributed by atoms with Gasteiger partial charge in [-0.15, -0.1) is 5.10 Å². The number of carbonyl (C=O) groups is 1. The summed E-state index contributed by atoms with van der Waals surface area (Å²) in [6.45, 7) is 3.91. The number of nitrogens with zero attached hydrogens (tertiary/aromatic N) is 3. The smallest absolute Gasteiger partial charge is 0.240 e. The molecule has 0 aliphatic rings. The third-order valence-corrected chi connectivity index (χ3v) is 4.26. The van der Waals surface area contributed by atoms with Gasteiger partial charge in [-0.2, -0.15) is 4.68 Å². The third-order valence-electron chi connectivity index (χ3n) is 3.87. The molecule has 0 aliphatic heterocycles. The number of Topliss-reactive ketones (excluding diaryl/α,β-unsaturated/α-hetero) is 1. The number of nitrogens with two attached hydrogens (primary N) is 1. The van der Waals surface area contributed by atoms with E-state index in [0.29, 0.717) is 10.3 Å². The first-order valence-electron chi connectivity index (χ1n) is 7.83. The molecule has 0 radical (unpaired) electrons. The minimum Gasteiger partial charge on any atom is -0.366 e. The van der Waals surface area contributed by atoms with Gasteiger partial charge in [0.25, 0.3) is 0 Å². The highest BCUT2D eigenvalue weighted by Gasteiger charge is 2.14. The summed E-state index contributed by atoms with van der Waals surface area (Å²) >= 11 is 5.41. The lowest BCUT2D eigenvalue weighted by Crippen LogP contribution is -2.15. The summed E-state index contributed by atoms with van der Waals surface area (Å²) < 4.78 is 3.26. The van der Waals surface area contributed by atoms with E-state index in [4.69, 9.17) is 18.0 Å². The van der Waals surface area contributed by atoms with Gasteiger partial charge in [-0.05, 0) is 49.8 Å². The Labute approximate surface area is 150 Å². The molecule has 0 unspecified atom stereocenters. The van der Waals surface area contributed by atoms with E-state index in [2.05, 4.69) is 10.5 Å². The van der Waals surface area contributed by atoms with Gasteiger partial charge in [-0.1, -0.05) is 35.9 Å². The Morgan fingerprint density at radius 2 is 1.92 bits per heavy atom. The van der Waals surface area contributed by atoms with Gasteiger partial charge < -0.3 is 5.73 Å². The van der Waals surface area contributed by atoms with Gasteiger partial charge in [0.05, 0.1) is 5.69 Å². The topological polar surface area (TPSA) is 77.9 Å². The van der Waals surface area contributed by atoms with E-state index in [-0.39, 0.29) is 18.3 Å². The molecule has 0 amide bonds. The largest absolute Gasteiger partial charge is 0.366 e. The third kappa shape index (κ3) is 3.61. The number of hydrogen-bond acceptors (Lipinski definition) is 5. The van der Waals surface area contributed by atoms with Gasteiger partial charge >= 0.3 is 0 Å². The monoisotopic (exact) mass is 353 g/mol. The maximum atomic E-state index is 12.6. The van der Waals surface area contributed by atoms with Crippen LogP contribution in [-0.2, 0) is 6.54 Å². The summed E-state index contributed by atoms with van der Waals surface area (Å²) in [4.78, 5) is 12.6. The van der Waals surface area contributed by atoms with E-state index in [1.807, 2.05) is 62.4 Å². The lowest BCUT2D eigenvalue weighted by Gasteiger charge is -2.08. The van der Waals surface area contributed by atoms with E-state index in [9.17, 15) is 4.79 Å². The van der Waals surface area contributed by atoms with Crippen LogP contribution in [0.15, 0.2) is 48.5 Å². The lowest BCUT2D eigenvalue weighted by molar-refractivity contribution is 0.0966. The Bertz CT molecular complexity index is 975. The molecule has 1 aromatic heterocycles. The van der Waals surface area contributed by atoms with E-state index < -0.39 is 0 Å². The second kappa shape index (κ2) is 6.90. The molecule has 3 N–H and O–H groups in total. The number of aromatic nitrogens is 3. The number of nitrogen functional groups attached to an aromatic ring is 1. The van der Waals surface area contributed by atoms with E-state index in [1.165, 1.54) is 9.36 Å². The molecule has 3 rings (SSSR count). The molecule has 6 nitrogen and oxygen atoms in total. The number of para-hydroxylation sites is 1. The number of aryl methyl sites for hydroxylation is 2. The highest BCUT2D eigenvalue weighted by Crippen LogP contribution is 2.14. The average Bonchev–Trinajstić information content (AvgIpc) is 2.85. The maximum Gasteiger partial charge on any atom is 0.240 e. The zero-order valence-corrected chi connectivity index (χ0v) is 14.9. The Hall–Kier alpha value is -2.93. The summed E-state index contributed by atoms with van der Waals surface area (Å²) in [7, 11) is 0. The Morgan fingerprint density at radius 1 is 1.20 bits per heavy atom. The summed E-state index contributed by atoms with van der Waals surface area (Å²) in [6, 6.07) is 15.3. The minimum absolute atomic E-state index is 0.0385. The number of hydrogen-bond donors (Lipinski definition) is 2. The fourth-order valence-electron chi connectivity index (χ4n) is 2.53. The zero-order valence-electron chi connectivity index (χ0n) is 14.1. The van der Waals surface area contributed by atoms with Crippen molar-refractivity contribution in [3.63, 3.8) is 0 Å². The molecule has 0 atom stereocenters. The number of carbonyl (C=O) groups excluding carboxylic acids is 1. The molecule has 128 valence electrons. The van der Waals surface area contributed by atoms with Crippen LogP contribution in [0, 0.1) is 18.6 Å². The number of anilines is 2. The second-order valence-corrected chi connectivity index (χ2v) is 6.22. The molecule has 0 bridgehead atoms. The van der Waals surface area contributed by atoms with Crippen LogP contribution in [0.2, 0.25) is 0 Å². The number of benzene rings is 2. The van der Waals surface area contributed by atoms with Crippen molar-refractivity contribution in [3.05, 3.63) is 70.0 Å². The SMILES string of the molecule is Cc1ccc(C)c(C(=O)Cn2nc(N)n(Nc3ccccc3)c2=S)c1. The molecule has 0 saturated heterocycles. The Balaban J connectivity index is 1.87. The highest BCUT2D eigenvalue weighted by molar-refractivity contribution is 7.71. The maximum absolute atomic E-state index is 12.6. The molecule has 0 saturated carbocycles. The quantitative estimate of drug-likeness (QED) is 0.543. The lowest BCUT2D eigenvalue weighted by atomic mass is 10.0. The number of ketones is 1. The van der Waals surface area contributed by atoms with Gasteiger partial charge in [0, 0.05) is 5.56 Å². The van der Waals surface area contributed by atoms with Crippen LogP contribution in [0.25, 0.3) is 0 Å². The predicted molar refractivity (Wildman–Crippen MR) is 101 cm³/mol. The number of nitrogens with one attached hydrogen (secondary N) is 1. The van der Waals surface area contributed by atoms with Crippen molar-refractivity contribution in [2.24, 2.45) is 0 Å². The van der Waals surface area contributed by atoms with Gasteiger partial charge in [-0.25, -0.2) is 4.68 Å². The van der Waals surface area contributed by atoms with Crippen molar-refractivity contribution in [3.8, 4) is 0 Å². The van der Waals surface area contributed by atoms with Crippen LogP contribution in [0.1, 0.15) is 21.5 Å². The molecule has 0 aliphatic carbocycles. The van der Waals surface area contributed by atoms with E-state index in [1.54, 1.807) is 0 Å². The van der Waals surface area contributed by atoms with Crippen LogP contribution in [-0.4, -0.2) is 20.2 Å². The van der Waals surface area contributed by atoms with Gasteiger partial charge in [-0.3, -0.25) is 10.2 Å². The number of rotatable bonds is 5. The normalized spacial score (nSPS) is 10.6. The Morgan fingerprint density at radius 3 is 2.64 bits per heavy atom. The Kier molecular flexibility index (Phi) is 4.67. The summed E-state index contributed by atoms with van der Waals surface area (Å²) in [5, 5.41) is 4.19. The van der Waals surface area contributed by atoms with Crippen molar-refractivity contribution in [1.82, 2.24) is 14.5 Å². The summed E-state index contributed by atoms with van der Waals surface area (Å²) in [5.74, 6) is 0.143. The first-order chi connectivity index (χ1) is 12.0.